The first-order valence-corrected chi connectivity index (χ1v) is 10.4. The number of para-hydroxylation sites is 1. The fourth-order valence-corrected chi connectivity index (χ4v) is 4.45. The number of furan rings is 1. The van der Waals surface area contributed by atoms with Crippen molar-refractivity contribution >= 4 is 50.8 Å². The number of nitrogens with zero attached hydrogens (tertiary/aromatic N) is 1. The average Bonchev–Trinajstić information content (AvgIpc) is 3.50. The summed E-state index contributed by atoms with van der Waals surface area (Å²) in [6.07, 6.45) is 1.48. The van der Waals surface area contributed by atoms with Gasteiger partial charge in [-0.3, -0.25) is 10.1 Å². The topological polar surface area (TPSA) is 111 Å². The number of thiophene rings is 1. The lowest BCUT2D eigenvalue weighted by atomic mass is 10.3. The zero-order valence-electron chi connectivity index (χ0n) is 15.4. The fourth-order valence-electron chi connectivity index (χ4n) is 2.53. The Morgan fingerprint density at radius 2 is 1.90 bits per heavy atom. The molecule has 0 fully saturated rings. The molecule has 30 heavy (non-hydrogen) atoms. The highest BCUT2D eigenvalue weighted by atomic mass is 32.1. The molecule has 3 amide bonds. The standard InChI is InChI=1S/C20H15N3O5S2/c24-17(23-20(26)21-10-12-4-3-9-27-12)11-28-19(25)16-8-7-15(29-16)18-22-13-5-1-2-6-14(13)30-18/h1-9H,10-11H2,(H2,21,23,24,26). The van der Waals surface area contributed by atoms with E-state index < -0.39 is 24.5 Å². The summed E-state index contributed by atoms with van der Waals surface area (Å²) in [5.41, 5.74) is 0.900. The van der Waals surface area contributed by atoms with Gasteiger partial charge >= 0.3 is 12.0 Å². The van der Waals surface area contributed by atoms with Crippen molar-refractivity contribution in [2.75, 3.05) is 6.61 Å². The third-order valence-electron chi connectivity index (χ3n) is 3.90. The Labute approximate surface area is 178 Å². The number of rotatable bonds is 6. The van der Waals surface area contributed by atoms with E-state index in [0.717, 1.165) is 20.1 Å². The maximum Gasteiger partial charge on any atom is 0.348 e. The average molecular weight is 441 g/mol. The number of urea groups is 1. The number of ether oxygens (including phenoxy) is 1. The van der Waals surface area contributed by atoms with Gasteiger partial charge in [-0.2, -0.15) is 0 Å². The smallest absolute Gasteiger partial charge is 0.348 e. The highest BCUT2D eigenvalue weighted by Crippen LogP contribution is 2.34. The molecule has 0 aliphatic rings. The number of amides is 3. The van der Waals surface area contributed by atoms with Crippen LogP contribution in [-0.4, -0.2) is 29.5 Å². The summed E-state index contributed by atoms with van der Waals surface area (Å²) in [5, 5.41) is 5.35. The van der Waals surface area contributed by atoms with Gasteiger partial charge in [0, 0.05) is 0 Å². The van der Waals surface area contributed by atoms with Gasteiger partial charge in [-0.1, -0.05) is 12.1 Å². The minimum Gasteiger partial charge on any atom is -0.467 e. The second-order valence-electron chi connectivity index (χ2n) is 6.04. The number of nitrogens with one attached hydrogen (secondary N) is 2. The number of carbonyl (C=O) groups excluding carboxylic acids is 3. The van der Waals surface area contributed by atoms with Crippen LogP contribution in [0.15, 0.2) is 59.2 Å². The van der Waals surface area contributed by atoms with Crippen molar-refractivity contribution in [1.82, 2.24) is 15.6 Å². The zero-order chi connectivity index (χ0) is 20.9. The van der Waals surface area contributed by atoms with Crippen LogP contribution in [0.5, 0.6) is 0 Å². The van der Waals surface area contributed by atoms with E-state index in [1.807, 2.05) is 24.3 Å². The van der Waals surface area contributed by atoms with Gasteiger partial charge in [-0.05, 0) is 36.4 Å². The second-order valence-corrected chi connectivity index (χ2v) is 8.15. The van der Waals surface area contributed by atoms with Gasteiger partial charge < -0.3 is 14.5 Å². The van der Waals surface area contributed by atoms with Crippen molar-refractivity contribution in [2.24, 2.45) is 0 Å². The molecule has 3 aromatic heterocycles. The maximum atomic E-state index is 12.2. The molecule has 1 aromatic carbocycles. The van der Waals surface area contributed by atoms with Crippen LogP contribution < -0.4 is 10.6 Å². The van der Waals surface area contributed by atoms with E-state index in [0.29, 0.717) is 10.6 Å². The number of fused-ring (bicyclic) bond motifs is 1. The minimum absolute atomic E-state index is 0.135. The van der Waals surface area contributed by atoms with Crippen LogP contribution in [0.25, 0.3) is 20.1 Å². The van der Waals surface area contributed by atoms with E-state index in [-0.39, 0.29) is 6.54 Å². The van der Waals surface area contributed by atoms with Crippen molar-refractivity contribution in [3.05, 3.63) is 65.4 Å². The van der Waals surface area contributed by atoms with Crippen LogP contribution in [0.3, 0.4) is 0 Å². The molecule has 0 saturated heterocycles. The number of imide groups is 1. The number of hydrogen-bond acceptors (Lipinski definition) is 8. The molecule has 4 aromatic rings. The van der Waals surface area contributed by atoms with Crippen LogP contribution >= 0.6 is 22.7 Å². The van der Waals surface area contributed by atoms with Gasteiger partial charge in [-0.25, -0.2) is 14.6 Å². The maximum absolute atomic E-state index is 12.2. The first kappa shape index (κ1) is 19.8. The lowest BCUT2D eigenvalue weighted by Crippen LogP contribution is -2.41. The molecule has 0 radical (unpaired) electrons. The molecule has 0 spiro atoms. The Bertz CT molecular complexity index is 1160. The normalized spacial score (nSPS) is 10.7. The molecule has 0 atom stereocenters. The highest BCUT2D eigenvalue weighted by Gasteiger charge is 2.16. The molecule has 0 bridgehead atoms. The molecule has 152 valence electrons. The Balaban J connectivity index is 1.28. The Kier molecular flexibility index (Phi) is 5.87. The summed E-state index contributed by atoms with van der Waals surface area (Å²) in [5.74, 6) is -0.826. The van der Waals surface area contributed by atoms with Crippen molar-refractivity contribution in [3.63, 3.8) is 0 Å². The molecular weight excluding hydrogens is 426 g/mol. The van der Waals surface area contributed by atoms with E-state index in [2.05, 4.69) is 15.6 Å². The lowest BCUT2D eigenvalue weighted by molar-refractivity contribution is -0.123. The number of carbonyl (C=O) groups is 3. The fraction of sp³-hybridized carbons (Fsp3) is 0.100. The third kappa shape index (κ3) is 4.73. The number of thiazole rings is 1. The van der Waals surface area contributed by atoms with Crippen molar-refractivity contribution < 1.29 is 23.5 Å². The first-order valence-electron chi connectivity index (χ1n) is 8.81. The summed E-state index contributed by atoms with van der Waals surface area (Å²) in [7, 11) is 0. The van der Waals surface area contributed by atoms with Gasteiger partial charge in [0.05, 0.1) is 27.9 Å². The number of aromatic nitrogens is 1. The molecule has 0 aliphatic heterocycles. The molecule has 8 nitrogen and oxygen atoms in total. The zero-order valence-corrected chi connectivity index (χ0v) is 17.0. The van der Waals surface area contributed by atoms with Crippen molar-refractivity contribution in [1.29, 1.82) is 0 Å². The predicted octanol–water partition coefficient (Wildman–Crippen LogP) is 3.80. The second kappa shape index (κ2) is 8.89. The molecule has 0 aliphatic carbocycles. The number of esters is 1. The molecule has 0 unspecified atom stereocenters. The number of hydrogen-bond donors (Lipinski definition) is 2. The predicted molar refractivity (Wildman–Crippen MR) is 112 cm³/mol. The largest absolute Gasteiger partial charge is 0.467 e. The van der Waals surface area contributed by atoms with Crippen LogP contribution in [-0.2, 0) is 16.1 Å². The Morgan fingerprint density at radius 3 is 2.70 bits per heavy atom. The summed E-state index contributed by atoms with van der Waals surface area (Å²) in [6, 6.07) is 13.9. The minimum atomic E-state index is -0.733. The molecule has 0 saturated carbocycles. The summed E-state index contributed by atoms with van der Waals surface area (Å²) in [6.45, 7) is -0.434. The SMILES string of the molecule is O=C(COC(=O)c1ccc(-c2nc3ccccc3s2)s1)NC(=O)NCc1ccco1. The van der Waals surface area contributed by atoms with E-state index >= 15 is 0 Å². The summed E-state index contributed by atoms with van der Waals surface area (Å²) >= 11 is 2.77. The summed E-state index contributed by atoms with van der Waals surface area (Å²) in [4.78, 5) is 41.4. The van der Waals surface area contributed by atoms with Gasteiger partial charge in [0.1, 0.15) is 15.6 Å². The number of benzene rings is 1. The van der Waals surface area contributed by atoms with Gasteiger partial charge in [0.15, 0.2) is 6.61 Å². The van der Waals surface area contributed by atoms with Crippen LogP contribution in [0.4, 0.5) is 4.79 Å². The van der Waals surface area contributed by atoms with Crippen LogP contribution in [0, 0.1) is 0 Å². The summed E-state index contributed by atoms with van der Waals surface area (Å²) < 4.78 is 11.1. The Hall–Kier alpha value is -3.50. The molecule has 10 heteroatoms. The lowest BCUT2D eigenvalue weighted by Gasteiger charge is -2.06. The molecule has 2 N–H and O–H groups in total. The van der Waals surface area contributed by atoms with E-state index in [9.17, 15) is 14.4 Å². The quantitative estimate of drug-likeness (QED) is 0.440. The van der Waals surface area contributed by atoms with Gasteiger partial charge in [0.25, 0.3) is 5.91 Å². The Morgan fingerprint density at radius 1 is 1.03 bits per heavy atom. The van der Waals surface area contributed by atoms with Gasteiger partial charge in [0.2, 0.25) is 0 Å². The van der Waals surface area contributed by atoms with Crippen LogP contribution in [0.1, 0.15) is 15.4 Å². The van der Waals surface area contributed by atoms with E-state index in [1.165, 1.54) is 28.9 Å². The van der Waals surface area contributed by atoms with Gasteiger partial charge in [-0.15, -0.1) is 22.7 Å². The van der Waals surface area contributed by atoms with Crippen LogP contribution in [0.2, 0.25) is 0 Å². The van der Waals surface area contributed by atoms with Crippen molar-refractivity contribution in [3.8, 4) is 9.88 Å². The molecular formula is C20H15N3O5S2. The third-order valence-corrected chi connectivity index (χ3v) is 6.17. The first-order chi connectivity index (χ1) is 14.6. The molecule has 4 rings (SSSR count). The van der Waals surface area contributed by atoms with Crippen molar-refractivity contribution in [2.45, 2.75) is 6.54 Å². The monoisotopic (exact) mass is 441 g/mol. The highest BCUT2D eigenvalue weighted by molar-refractivity contribution is 7.26. The molecule has 3 heterocycles. The van der Waals surface area contributed by atoms with E-state index in [4.69, 9.17) is 9.15 Å². The van der Waals surface area contributed by atoms with E-state index in [1.54, 1.807) is 24.3 Å².